The van der Waals surface area contributed by atoms with Crippen molar-refractivity contribution < 1.29 is 18.3 Å². The minimum Gasteiger partial charge on any atom is -0.377 e. The third-order valence-electron chi connectivity index (χ3n) is 6.83. The molecule has 3 aromatic heterocycles. The predicted octanol–water partition coefficient (Wildman–Crippen LogP) is 5.95. The van der Waals surface area contributed by atoms with Crippen LogP contribution in [-0.4, -0.2) is 40.1 Å². The molecule has 11 heteroatoms. The number of pyridine rings is 1. The van der Waals surface area contributed by atoms with Crippen molar-refractivity contribution in [1.29, 1.82) is 0 Å². The van der Waals surface area contributed by atoms with Gasteiger partial charge in [0.25, 0.3) is 5.91 Å². The van der Waals surface area contributed by atoms with Gasteiger partial charge in [-0.15, -0.1) is 11.3 Å². The molecule has 1 atom stereocenters. The molecule has 5 aromatic rings. The number of nitrogens with zero attached hydrogens (tertiary/aromatic N) is 3. The first-order chi connectivity index (χ1) is 19.9. The average molecular weight is 573 g/mol. The van der Waals surface area contributed by atoms with Crippen LogP contribution in [0.3, 0.4) is 0 Å². The van der Waals surface area contributed by atoms with Gasteiger partial charge in [0.1, 0.15) is 18.0 Å². The van der Waals surface area contributed by atoms with E-state index in [4.69, 9.17) is 4.74 Å². The maximum Gasteiger partial charge on any atom is 0.255 e. The lowest BCUT2D eigenvalue weighted by Gasteiger charge is -2.27. The van der Waals surface area contributed by atoms with Crippen LogP contribution in [0.25, 0.3) is 21.3 Å². The number of rotatable bonds is 9. The molecule has 1 fully saturated rings. The zero-order valence-electron chi connectivity index (χ0n) is 22.0. The first kappa shape index (κ1) is 26.7. The van der Waals surface area contributed by atoms with Crippen molar-refractivity contribution in [2.75, 3.05) is 23.8 Å². The Balaban J connectivity index is 1.14. The summed E-state index contributed by atoms with van der Waals surface area (Å²) in [5, 5.41) is 10.5. The molecule has 8 nitrogen and oxygen atoms in total. The van der Waals surface area contributed by atoms with Gasteiger partial charge in [-0.25, -0.2) is 23.7 Å². The molecule has 1 unspecified atom stereocenters. The summed E-state index contributed by atoms with van der Waals surface area (Å²) >= 11 is 1.64. The molecular weight excluding hydrogens is 546 g/mol. The standard InChI is InChI=1S/C30H26F2N6O2S/c1-17(18-4-7-24(31)25(32)12-18)37-30(39)22-3-2-10-33-28(22)34-13-21-6-9-27(41-21)19-5-8-26-23(11-19)29(36-16-35-26)38-20-14-40-15-20/h2-12,16-17,20H,13-15H2,1H3,(H,33,34)(H,37,39)(H,35,36,38). The molecule has 1 saturated heterocycles. The van der Waals surface area contributed by atoms with Crippen LogP contribution >= 0.6 is 11.3 Å². The van der Waals surface area contributed by atoms with Gasteiger partial charge in [0.15, 0.2) is 11.6 Å². The second-order valence-electron chi connectivity index (χ2n) is 9.72. The SMILES string of the molecule is CC(NC(=O)c1cccnc1NCc1ccc(-c2ccc3ncnc(NC4COC4)c3c2)s1)c1ccc(F)c(F)c1. The van der Waals surface area contributed by atoms with Crippen LogP contribution in [0.1, 0.15) is 33.8 Å². The van der Waals surface area contributed by atoms with E-state index in [1.54, 1.807) is 42.9 Å². The van der Waals surface area contributed by atoms with Gasteiger partial charge in [0, 0.05) is 21.3 Å². The van der Waals surface area contributed by atoms with E-state index in [0.29, 0.717) is 36.7 Å². The Kier molecular flexibility index (Phi) is 7.53. The number of hydrogen-bond donors (Lipinski definition) is 3. The normalized spacial score (nSPS) is 13.9. The van der Waals surface area contributed by atoms with E-state index in [0.717, 1.165) is 44.2 Å². The minimum atomic E-state index is -0.958. The van der Waals surface area contributed by atoms with Gasteiger partial charge >= 0.3 is 0 Å². The van der Waals surface area contributed by atoms with Crippen LogP contribution in [0.15, 0.2) is 73.2 Å². The smallest absolute Gasteiger partial charge is 0.255 e. The van der Waals surface area contributed by atoms with Gasteiger partial charge in [0.05, 0.1) is 42.9 Å². The lowest BCUT2D eigenvalue weighted by molar-refractivity contribution is 0.0210. The van der Waals surface area contributed by atoms with E-state index >= 15 is 0 Å². The number of halogens is 2. The number of carbonyl (C=O) groups is 1. The number of nitrogens with one attached hydrogen (secondary N) is 3. The summed E-state index contributed by atoms with van der Waals surface area (Å²) < 4.78 is 32.2. The largest absolute Gasteiger partial charge is 0.377 e. The summed E-state index contributed by atoms with van der Waals surface area (Å²) in [6.07, 6.45) is 3.17. The van der Waals surface area contributed by atoms with Crippen LogP contribution in [0.4, 0.5) is 20.4 Å². The Labute approximate surface area is 238 Å². The number of ether oxygens (including phenoxy) is 1. The molecule has 3 N–H and O–H groups in total. The number of carbonyl (C=O) groups excluding carboxylic acids is 1. The van der Waals surface area contributed by atoms with Crippen molar-refractivity contribution in [2.45, 2.75) is 25.6 Å². The van der Waals surface area contributed by atoms with Crippen molar-refractivity contribution in [3.05, 3.63) is 101 Å². The van der Waals surface area contributed by atoms with Gasteiger partial charge in [-0.1, -0.05) is 12.1 Å². The highest BCUT2D eigenvalue weighted by atomic mass is 32.1. The maximum atomic E-state index is 13.7. The average Bonchev–Trinajstić information content (AvgIpc) is 3.44. The molecule has 4 heterocycles. The van der Waals surface area contributed by atoms with Gasteiger partial charge in [0.2, 0.25) is 0 Å². The molecule has 0 saturated carbocycles. The van der Waals surface area contributed by atoms with Crippen molar-refractivity contribution in [2.24, 2.45) is 0 Å². The van der Waals surface area contributed by atoms with E-state index in [1.165, 1.54) is 6.07 Å². The highest BCUT2D eigenvalue weighted by molar-refractivity contribution is 7.15. The van der Waals surface area contributed by atoms with Crippen LogP contribution in [0.5, 0.6) is 0 Å². The van der Waals surface area contributed by atoms with Crippen molar-refractivity contribution in [3.8, 4) is 10.4 Å². The summed E-state index contributed by atoms with van der Waals surface area (Å²) in [6.45, 7) is 3.51. The fourth-order valence-corrected chi connectivity index (χ4v) is 5.45. The zero-order chi connectivity index (χ0) is 28.3. The summed E-state index contributed by atoms with van der Waals surface area (Å²) in [4.78, 5) is 28.4. The Hall–Kier alpha value is -4.48. The Bertz CT molecular complexity index is 1720. The topological polar surface area (TPSA) is 101 Å². The first-order valence-corrected chi connectivity index (χ1v) is 13.9. The number of aromatic nitrogens is 3. The minimum absolute atomic E-state index is 0.254. The Morgan fingerprint density at radius 1 is 1.02 bits per heavy atom. The van der Waals surface area contributed by atoms with E-state index in [9.17, 15) is 13.6 Å². The second kappa shape index (κ2) is 11.6. The molecule has 1 aliphatic heterocycles. The molecule has 6 rings (SSSR count). The number of benzene rings is 2. The van der Waals surface area contributed by atoms with Gasteiger partial charge in [-0.3, -0.25) is 4.79 Å². The molecule has 0 spiro atoms. The second-order valence-corrected chi connectivity index (χ2v) is 10.9. The van der Waals surface area contributed by atoms with Crippen LogP contribution in [0.2, 0.25) is 0 Å². The fourth-order valence-electron chi connectivity index (χ4n) is 4.51. The third-order valence-corrected chi connectivity index (χ3v) is 7.97. The molecule has 1 aliphatic rings. The highest BCUT2D eigenvalue weighted by Gasteiger charge is 2.20. The number of thiophene rings is 1. The molecule has 208 valence electrons. The third kappa shape index (κ3) is 5.86. The molecule has 0 aliphatic carbocycles. The molecule has 0 radical (unpaired) electrons. The van der Waals surface area contributed by atoms with Crippen LogP contribution in [0, 0.1) is 11.6 Å². The van der Waals surface area contributed by atoms with Crippen molar-refractivity contribution in [3.63, 3.8) is 0 Å². The summed E-state index contributed by atoms with van der Waals surface area (Å²) in [7, 11) is 0. The molecule has 1 amide bonds. The maximum absolute atomic E-state index is 13.7. The molecule has 41 heavy (non-hydrogen) atoms. The lowest BCUT2D eigenvalue weighted by Crippen LogP contribution is -2.40. The number of amides is 1. The number of hydrogen-bond acceptors (Lipinski definition) is 8. The lowest BCUT2D eigenvalue weighted by atomic mass is 10.1. The van der Waals surface area contributed by atoms with E-state index < -0.39 is 17.7 Å². The summed E-state index contributed by atoms with van der Waals surface area (Å²) in [5.41, 5.74) is 2.73. The first-order valence-electron chi connectivity index (χ1n) is 13.1. The van der Waals surface area contributed by atoms with Gasteiger partial charge in [-0.05, 0) is 66.6 Å². The Morgan fingerprint density at radius 3 is 2.71 bits per heavy atom. The predicted molar refractivity (Wildman–Crippen MR) is 155 cm³/mol. The van der Waals surface area contributed by atoms with E-state index in [-0.39, 0.29) is 11.9 Å². The fraction of sp³-hybridized carbons (Fsp3) is 0.200. The number of fused-ring (bicyclic) bond motifs is 1. The number of anilines is 2. The molecular formula is C30H26F2N6O2S. The summed E-state index contributed by atoms with van der Waals surface area (Å²) in [6, 6.07) is 16.9. The molecule has 2 aromatic carbocycles. The van der Waals surface area contributed by atoms with Gasteiger partial charge in [-0.2, -0.15) is 0 Å². The van der Waals surface area contributed by atoms with Crippen molar-refractivity contribution >= 4 is 39.8 Å². The highest BCUT2D eigenvalue weighted by Crippen LogP contribution is 2.32. The quantitative estimate of drug-likeness (QED) is 0.201. The Morgan fingerprint density at radius 2 is 1.90 bits per heavy atom. The van der Waals surface area contributed by atoms with Crippen LogP contribution in [-0.2, 0) is 11.3 Å². The van der Waals surface area contributed by atoms with Crippen LogP contribution < -0.4 is 16.0 Å². The molecule has 0 bridgehead atoms. The van der Waals surface area contributed by atoms with Crippen molar-refractivity contribution in [1.82, 2.24) is 20.3 Å². The summed E-state index contributed by atoms with van der Waals surface area (Å²) in [5.74, 6) is -1.04. The zero-order valence-corrected chi connectivity index (χ0v) is 22.8. The monoisotopic (exact) mass is 572 g/mol. The van der Waals surface area contributed by atoms with E-state index in [1.807, 2.05) is 18.2 Å². The van der Waals surface area contributed by atoms with Gasteiger partial charge < -0.3 is 20.7 Å². The van der Waals surface area contributed by atoms with E-state index in [2.05, 4.69) is 43.0 Å².